The predicted octanol–water partition coefficient (Wildman–Crippen LogP) is 4.51. The molecule has 0 radical (unpaired) electrons. The normalized spacial score (nSPS) is 34.2. The van der Waals surface area contributed by atoms with Gasteiger partial charge in [0.2, 0.25) is 5.95 Å². The largest absolute Gasteiger partial charge is 0.368 e. The van der Waals surface area contributed by atoms with Crippen molar-refractivity contribution in [3.8, 4) is 6.07 Å². The second-order valence-electron chi connectivity index (χ2n) is 11.6. The van der Waals surface area contributed by atoms with Crippen molar-refractivity contribution in [2.24, 2.45) is 23.2 Å². The van der Waals surface area contributed by atoms with Crippen molar-refractivity contribution in [1.29, 1.82) is 5.26 Å². The van der Waals surface area contributed by atoms with Crippen LogP contribution < -0.4 is 21.3 Å². The van der Waals surface area contributed by atoms with Gasteiger partial charge < -0.3 is 21.3 Å². The van der Waals surface area contributed by atoms with Crippen molar-refractivity contribution in [1.82, 2.24) is 20.6 Å². The molecule has 0 amide bonds. The van der Waals surface area contributed by atoms with Gasteiger partial charge in [0.15, 0.2) is 0 Å². The molecule has 7 nitrogen and oxygen atoms in total. The summed E-state index contributed by atoms with van der Waals surface area (Å²) in [6.07, 6.45) is 7.68. The van der Waals surface area contributed by atoms with Crippen LogP contribution in [-0.2, 0) is 6.54 Å². The Balaban J connectivity index is 1.12. The molecule has 4 aliphatic carbocycles. The van der Waals surface area contributed by atoms with Crippen LogP contribution >= 0.6 is 11.6 Å². The van der Waals surface area contributed by atoms with Crippen molar-refractivity contribution in [3.05, 3.63) is 46.6 Å². The lowest BCUT2D eigenvalue weighted by Gasteiger charge is -2.61. The van der Waals surface area contributed by atoms with Gasteiger partial charge in [-0.25, -0.2) is 9.37 Å². The number of anilines is 2. The van der Waals surface area contributed by atoms with Crippen LogP contribution in [0.3, 0.4) is 0 Å². The molecular formula is C28H35ClFN7. The number of nitriles is 1. The van der Waals surface area contributed by atoms with Gasteiger partial charge in [-0.15, -0.1) is 0 Å². The van der Waals surface area contributed by atoms with Gasteiger partial charge in [-0.1, -0.05) is 29.8 Å². The SMILES string of the molecule is N#Cc1cnc(NCc2ccccc2Cl)nc1NCC12CC3C[C@H](C1)C(NC1CCNCC1F)[C@@H](C3)C2. The van der Waals surface area contributed by atoms with E-state index in [1.54, 1.807) is 6.20 Å². The minimum absolute atomic E-state index is 0.0197. The third-order valence-corrected chi connectivity index (χ3v) is 9.52. The Hall–Kier alpha value is -2.47. The minimum atomic E-state index is -0.801. The number of piperidine rings is 1. The van der Waals surface area contributed by atoms with Crippen molar-refractivity contribution in [3.63, 3.8) is 0 Å². The molecule has 4 bridgehead atoms. The number of hydrogen-bond acceptors (Lipinski definition) is 7. The summed E-state index contributed by atoms with van der Waals surface area (Å²) in [5.41, 5.74) is 1.63. The highest BCUT2D eigenvalue weighted by atomic mass is 35.5. The number of halogens is 2. The molecule has 2 aromatic rings. The summed E-state index contributed by atoms with van der Waals surface area (Å²) in [5, 5.41) is 24.1. The number of aromatic nitrogens is 2. The summed E-state index contributed by atoms with van der Waals surface area (Å²) in [6.45, 7) is 2.67. The van der Waals surface area contributed by atoms with Crippen molar-refractivity contribution in [2.75, 3.05) is 30.3 Å². The number of hydrogen-bond donors (Lipinski definition) is 4. The Kier molecular flexibility index (Phi) is 6.95. The molecule has 0 spiro atoms. The molecule has 1 aliphatic heterocycles. The summed E-state index contributed by atoms with van der Waals surface area (Å²) in [4.78, 5) is 8.98. The highest BCUT2D eigenvalue weighted by Gasteiger charge is 2.55. The molecule has 4 saturated carbocycles. The van der Waals surface area contributed by atoms with Gasteiger partial charge in [-0.05, 0) is 79.9 Å². The van der Waals surface area contributed by atoms with Gasteiger partial charge in [-0.2, -0.15) is 10.2 Å². The van der Waals surface area contributed by atoms with Crippen LogP contribution in [0.15, 0.2) is 30.5 Å². The number of nitrogens with one attached hydrogen (secondary N) is 4. The second kappa shape index (κ2) is 10.4. The van der Waals surface area contributed by atoms with Crippen molar-refractivity contribution in [2.45, 2.75) is 63.3 Å². The molecule has 4 N–H and O–H groups in total. The van der Waals surface area contributed by atoms with Crippen LogP contribution in [-0.4, -0.2) is 47.9 Å². The maximum atomic E-state index is 14.5. The average molecular weight is 524 g/mol. The van der Waals surface area contributed by atoms with E-state index in [4.69, 9.17) is 11.6 Å². The predicted molar refractivity (Wildman–Crippen MR) is 143 cm³/mol. The zero-order chi connectivity index (χ0) is 25.4. The zero-order valence-corrected chi connectivity index (χ0v) is 21.8. The molecule has 37 heavy (non-hydrogen) atoms. The third kappa shape index (κ3) is 5.14. The van der Waals surface area contributed by atoms with Gasteiger partial charge in [-0.3, -0.25) is 0 Å². The number of alkyl halides is 1. The Bertz CT molecular complexity index is 1150. The average Bonchev–Trinajstić information content (AvgIpc) is 2.90. The van der Waals surface area contributed by atoms with Crippen LogP contribution in [0.5, 0.6) is 0 Å². The Morgan fingerprint density at radius 2 is 1.97 bits per heavy atom. The maximum absolute atomic E-state index is 14.5. The molecular weight excluding hydrogens is 489 g/mol. The molecule has 196 valence electrons. The van der Waals surface area contributed by atoms with E-state index in [-0.39, 0.29) is 11.5 Å². The molecule has 5 aliphatic rings. The van der Waals surface area contributed by atoms with E-state index in [2.05, 4.69) is 37.3 Å². The summed E-state index contributed by atoms with van der Waals surface area (Å²) >= 11 is 6.28. The van der Waals surface area contributed by atoms with E-state index in [0.717, 1.165) is 43.8 Å². The van der Waals surface area contributed by atoms with E-state index in [9.17, 15) is 9.65 Å². The molecule has 2 heterocycles. The minimum Gasteiger partial charge on any atom is -0.368 e. The fourth-order valence-electron chi connectivity index (χ4n) is 7.71. The lowest BCUT2D eigenvalue weighted by molar-refractivity contribution is -0.0748. The Morgan fingerprint density at radius 1 is 1.16 bits per heavy atom. The summed E-state index contributed by atoms with van der Waals surface area (Å²) in [5.74, 6) is 3.01. The summed E-state index contributed by atoms with van der Waals surface area (Å²) in [6, 6.07) is 10.3. The smallest absolute Gasteiger partial charge is 0.224 e. The van der Waals surface area contributed by atoms with Gasteiger partial charge in [0.1, 0.15) is 23.6 Å². The molecule has 5 unspecified atom stereocenters. The van der Waals surface area contributed by atoms with E-state index in [0.29, 0.717) is 53.3 Å². The fourth-order valence-corrected chi connectivity index (χ4v) is 7.91. The van der Waals surface area contributed by atoms with Gasteiger partial charge >= 0.3 is 0 Å². The number of nitrogens with zero attached hydrogens (tertiary/aromatic N) is 3. The quantitative estimate of drug-likeness (QED) is 0.404. The molecule has 1 aromatic carbocycles. The zero-order valence-electron chi connectivity index (χ0n) is 21.0. The summed E-state index contributed by atoms with van der Waals surface area (Å²) < 4.78 is 14.5. The Morgan fingerprint density at radius 3 is 2.73 bits per heavy atom. The first-order chi connectivity index (χ1) is 18.0. The molecule has 1 saturated heterocycles. The fraction of sp³-hybridized carbons (Fsp3) is 0.607. The topological polar surface area (TPSA) is 97.7 Å². The molecule has 1 aromatic heterocycles. The second-order valence-corrected chi connectivity index (χ2v) is 12.1. The van der Waals surface area contributed by atoms with E-state index < -0.39 is 6.17 Å². The molecule has 9 heteroatoms. The Labute approximate surface area is 223 Å². The van der Waals surface area contributed by atoms with E-state index in [1.165, 1.54) is 19.3 Å². The number of rotatable bonds is 8. The third-order valence-electron chi connectivity index (χ3n) is 9.15. The molecule has 5 fully saturated rings. The van der Waals surface area contributed by atoms with Crippen LogP contribution in [0.1, 0.15) is 49.7 Å². The van der Waals surface area contributed by atoms with Gasteiger partial charge in [0, 0.05) is 36.7 Å². The highest BCUT2D eigenvalue weighted by molar-refractivity contribution is 6.31. The van der Waals surface area contributed by atoms with Crippen LogP contribution in [0.4, 0.5) is 16.2 Å². The van der Waals surface area contributed by atoms with Crippen LogP contribution in [0.25, 0.3) is 0 Å². The van der Waals surface area contributed by atoms with Crippen molar-refractivity contribution >= 4 is 23.4 Å². The first-order valence-corrected chi connectivity index (χ1v) is 14.0. The van der Waals surface area contributed by atoms with Crippen LogP contribution in [0.2, 0.25) is 5.02 Å². The maximum Gasteiger partial charge on any atom is 0.224 e. The number of benzene rings is 1. The highest BCUT2D eigenvalue weighted by Crippen LogP contribution is 2.60. The van der Waals surface area contributed by atoms with E-state index in [1.807, 2.05) is 24.3 Å². The standard InChI is InChI=1S/C28H35ClFN7/c29-22-4-2-1-3-18(22)13-33-27-34-14-21(12-31)26(37-27)35-16-28-9-17-7-19(10-28)25(20(8-17)11-28)36-24-5-6-32-15-23(24)30/h1-4,14,17,19-20,23-25,32,36H,5-11,13,15-16H2,(H2,33,34,35,37)/t17?,19-,20+,23?,24?,25?,28?. The lowest BCUT2D eigenvalue weighted by atomic mass is 9.48. The molecule has 7 atom stereocenters. The van der Waals surface area contributed by atoms with Gasteiger partial charge in [0.25, 0.3) is 0 Å². The summed E-state index contributed by atoms with van der Waals surface area (Å²) in [7, 11) is 0. The first-order valence-electron chi connectivity index (χ1n) is 13.6. The van der Waals surface area contributed by atoms with E-state index >= 15 is 0 Å². The first kappa shape index (κ1) is 24.8. The lowest BCUT2D eigenvalue weighted by Crippen LogP contribution is -2.63. The van der Waals surface area contributed by atoms with Crippen molar-refractivity contribution < 1.29 is 4.39 Å². The molecule has 7 rings (SSSR count). The monoisotopic (exact) mass is 523 g/mol. The van der Waals surface area contributed by atoms with Gasteiger partial charge in [0.05, 0.1) is 6.20 Å². The van der Waals surface area contributed by atoms with Crippen LogP contribution in [0, 0.1) is 34.5 Å².